The molecule has 8 nitrogen and oxygen atoms in total. The fraction of sp³-hybridized carbons (Fsp3) is 0.167. The number of amides is 3. The zero-order valence-corrected chi connectivity index (χ0v) is 10.7. The smallest absolute Gasteiger partial charge is 0.328 e. The Hall–Kier alpha value is -2.90. The molecule has 2 rings (SSSR count). The molecule has 1 aliphatic rings. The standard InChI is InChI=1S/C12H11N3O5/c1-14-10(11(16)13-12(14)17)6-7-5-8(20-2)3-4-9(7)15(18)19/h3-6H,1-2H3,(H,13,16,17)/b10-6+. The van der Waals surface area contributed by atoms with Crippen LogP contribution in [0.1, 0.15) is 5.56 Å². The summed E-state index contributed by atoms with van der Waals surface area (Å²) in [6.07, 6.45) is 1.28. The Bertz CT molecular complexity index is 638. The molecule has 0 atom stereocenters. The summed E-state index contributed by atoms with van der Waals surface area (Å²) in [7, 11) is 2.83. The number of nitro groups is 1. The van der Waals surface area contributed by atoms with Gasteiger partial charge in [0.2, 0.25) is 0 Å². The Balaban J connectivity index is 2.54. The predicted molar refractivity (Wildman–Crippen MR) is 68.9 cm³/mol. The van der Waals surface area contributed by atoms with E-state index in [0.717, 1.165) is 4.90 Å². The van der Waals surface area contributed by atoms with Crippen molar-refractivity contribution in [2.45, 2.75) is 0 Å². The highest BCUT2D eigenvalue weighted by Gasteiger charge is 2.30. The van der Waals surface area contributed by atoms with Crippen molar-refractivity contribution in [2.75, 3.05) is 14.2 Å². The normalized spacial score (nSPS) is 16.5. The number of nitro benzene ring substituents is 1. The first kappa shape index (κ1) is 13.5. The molecular weight excluding hydrogens is 266 g/mol. The Labute approximate surface area is 113 Å². The Morgan fingerprint density at radius 2 is 2.10 bits per heavy atom. The second-order valence-corrected chi connectivity index (χ2v) is 4.03. The molecule has 3 amide bonds. The predicted octanol–water partition coefficient (Wildman–Crippen LogP) is 1.13. The molecule has 1 N–H and O–H groups in total. The second kappa shape index (κ2) is 5.00. The molecule has 0 unspecified atom stereocenters. The second-order valence-electron chi connectivity index (χ2n) is 4.03. The van der Waals surface area contributed by atoms with Gasteiger partial charge in [0.15, 0.2) is 0 Å². The number of hydrogen-bond acceptors (Lipinski definition) is 5. The van der Waals surface area contributed by atoms with Gasteiger partial charge in [-0.1, -0.05) is 0 Å². The Morgan fingerprint density at radius 1 is 1.40 bits per heavy atom. The van der Waals surface area contributed by atoms with Crippen LogP contribution >= 0.6 is 0 Å². The van der Waals surface area contributed by atoms with Crippen LogP contribution in [0.25, 0.3) is 6.08 Å². The van der Waals surface area contributed by atoms with Crippen LogP contribution in [0.5, 0.6) is 5.75 Å². The fourth-order valence-electron chi connectivity index (χ4n) is 1.76. The van der Waals surface area contributed by atoms with Gasteiger partial charge in [0.25, 0.3) is 11.6 Å². The van der Waals surface area contributed by atoms with Crippen molar-refractivity contribution < 1.29 is 19.2 Å². The fourth-order valence-corrected chi connectivity index (χ4v) is 1.76. The molecule has 0 radical (unpaired) electrons. The minimum absolute atomic E-state index is 0.0337. The van der Waals surface area contributed by atoms with Crippen molar-refractivity contribution in [3.05, 3.63) is 39.6 Å². The summed E-state index contributed by atoms with van der Waals surface area (Å²) >= 11 is 0. The van der Waals surface area contributed by atoms with Gasteiger partial charge < -0.3 is 4.74 Å². The van der Waals surface area contributed by atoms with E-state index in [4.69, 9.17) is 4.74 Å². The quantitative estimate of drug-likeness (QED) is 0.386. The maximum atomic E-state index is 11.6. The highest BCUT2D eigenvalue weighted by atomic mass is 16.6. The number of carbonyl (C=O) groups excluding carboxylic acids is 2. The van der Waals surface area contributed by atoms with Crippen LogP contribution in [-0.4, -0.2) is 35.9 Å². The molecule has 1 aromatic carbocycles. The summed E-state index contributed by atoms with van der Waals surface area (Å²) < 4.78 is 5.00. The molecule has 0 spiro atoms. The van der Waals surface area contributed by atoms with E-state index in [1.165, 1.54) is 38.4 Å². The summed E-state index contributed by atoms with van der Waals surface area (Å²) in [6.45, 7) is 0. The minimum atomic E-state index is -0.602. The molecule has 20 heavy (non-hydrogen) atoms. The monoisotopic (exact) mass is 277 g/mol. The van der Waals surface area contributed by atoms with E-state index in [1.807, 2.05) is 0 Å². The number of imide groups is 1. The molecule has 1 aliphatic heterocycles. The zero-order chi connectivity index (χ0) is 14.9. The zero-order valence-electron chi connectivity index (χ0n) is 10.7. The first-order chi connectivity index (χ1) is 9.43. The minimum Gasteiger partial charge on any atom is -0.497 e. The third-order valence-corrected chi connectivity index (χ3v) is 2.84. The lowest BCUT2D eigenvalue weighted by molar-refractivity contribution is -0.385. The van der Waals surface area contributed by atoms with Crippen molar-refractivity contribution >= 4 is 23.7 Å². The molecule has 0 bridgehead atoms. The van der Waals surface area contributed by atoms with Gasteiger partial charge >= 0.3 is 6.03 Å². The number of hydrogen-bond donors (Lipinski definition) is 1. The van der Waals surface area contributed by atoms with Gasteiger partial charge in [-0.05, 0) is 18.2 Å². The first-order valence-electron chi connectivity index (χ1n) is 5.57. The molecule has 0 saturated carbocycles. The average molecular weight is 277 g/mol. The molecule has 1 fully saturated rings. The van der Waals surface area contributed by atoms with E-state index >= 15 is 0 Å². The van der Waals surface area contributed by atoms with Crippen LogP contribution in [-0.2, 0) is 4.79 Å². The summed E-state index contributed by atoms with van der Waals surface area (Å²) in [5.74, 6) is -0.190. The van der Waals surface area contributed by atoms with Crippen LogP contribution in [0.3, 0.4) is 0 Å². The number of nitrogens with zero attached hydrogens (tertiary/aromatic N) is 2. The summed E-state index contributed by atoms with van der Waals surface area (Å²) in [6, 6.07) is 3.57. The lowest BCUT2D eigenvalue weighted by Crippen LogP contribution is -2.24. The van der Waals surface area contributed by atoms with Crippen LogP contribution in [0.4, 0.5) is 10.5 Å². The molecule has 1 heterocycles. The molecule has 104 valence electrons. The largest absolute Gasteiger partial charge is 0.497 e. The number of benzene rings is 1. The van der Waals surface area contributed by atoms with Crippen LogP contribution in [0.15, 0.2) is 23.9 Å². The van der Waals surface area contributed by atoms with Crippen molar-refractivity contribution in [3.8, 4) is 5.75 Å². The average Bonchev–Trinajstić information content (AvgIpc) is 2.65. The van der Waals surface area contributed by atoms with Crippen molar-refractivity contribution in [3.63, 3.8) is 0 Å². The third kappa shape index (κ3) is 2.30. The SMILES string of the molecule is COc1ccc([N+](=O)[O-])c(/C=C2\C(=O)NC(=O)N2C)c1. The molecule has 1 aromatic rings. The lowest BCUT2D eigenvalue weighted by Gasteiger charge is -2.07. The van der Waals surface area contributed by atoms with Crippen LogP contribution in [0.2, 0.25) is 0 Å². The van der Waals surface area contributed by atoms with E-state index in [-0.39, 0.29) is 16.9 Å². The van der Waals surface area contributed by atoms with Crippen molar-refractivity contribution in [1.29, 1.82) is 0 Å². The molecular formula is C12H11N3O5. The van der Waals surface area contributed by atoms with Crippen LogP contribution < -0.4 is 10.1 Å². The summed E-state index contributed by atoms with van der Waals surface area (Å²) in [4.78, 5) is 34.4. The van der Waals surface area contributed by atoms with Gasteiger partial charge in [0.05, 0.1) is 17.6 Å². The summed E-state index contributed by atoms with van der Waals surface area (Å²) in [5.41, 5.74) is 0.0336. The van der Waals surface area contributed by atoms with Gasteiger partial charge in [-0.25, -0.2) is 4.79 Å². The van der Waals surface area contributed by atoms with E-state index in [0.29, 0.717) is 5.75 Å². The Kier molecular flexibility index (Phi) is 3.38. The molecule has 0 aliphatic carbocycles. The van der Waals surface area contributed by atoms with Gasteiger partial charge in [-0.3, -0.25) is 25.1 Å². The number of rotatable bonds is 3. The van der Waals surface area contributed by atoms with Gasteiger partial charge in [0.1, 0.15) is 11.4 Å². The van der Waals surface area contributed by atoms with Gasteiger partial charge in [0, 0.05) is 13.1 Å². The summed E-state index contributed by atoms with van der Waals surface area (Å²) in [5, 5.41) is 13.1. The Morgan fingerprint density at radius 3 is 2.60 bits per heavy atom. The number of urea groups is 1. The highest BCUT2D eigenvalue weighted by Crippen LogP contribution is 2.27. The lowest BCUT2D eigenvalue weighted by atomic mass is 10.1. The number of carbonyl (C=O) groups is 2. The van der Waals surface area contributed by atoms with Crippen molar-refractivity contribution in [2.24, 2.45) is 0 Å². The van der Waals surface area contributed by atoms with E-state index in [9.17, 15) is 19.7 Å². The topological polar surface area (TPSA) is 102 Å². The number of ether oxygens (including phenoxy) is 1. The maximum Gasteiger partial charge on any atom is 0.328 e. The third-order valence-electron chi connectivity index (χ3n) is 2.84. The van der Waals surface area contributed by atoms with E-state index < -0.39 is 16.9 Å². The van der Waals surface area contributed by atoms with Gasteiger partial charge in [-0.15, -0.1) is 0 Å². The first-order valence-corrected chi connectivity index (χ1v) is 5.57. The number of nitrogens with one attached hydrogen (secondary N) is 1. The molecule has 0 aromatic heterocycles. The van der Waals surface area contributed by atoms with E-state index in [1.54, 1.807) is 0 Å². The highest BCUT2D eigenvalue weighted by molar-refractivity contribution is 6.14. The van der Waals surface area contributed by atoms with Gasteiger partial charge in [-0.2, -0.15) is 0 Å². The van der Waals surface area contributed by atoms with E-state index in [2.05, 4.69) is 5.32 Å². The molecule has 8 heteroatoms. The van der Waals surface area contributed by atoms with Crippen molar-refractivity contribution in [1.82, 2.24) is 10.2 Å². The molecule has 1 saturated heterocycles. The maximum absolute atomic E-state index is 11.6. The number of methoxy groups -OCH3 is 1. The number of likely N-dealkylation sites (N-methyl/N-ethyl adjacent to an activating group) is 1. The van der Waals surface area contributed by atoms with Crippen LogP contribution in [0, 0.1) is 10.1 Å².